The lowest BCUT2D eigenvalue weighted by Crippen LogP contribution is -2.40. The lowest BCUT2D eigenvalue weighted by atomic mass is 9.96. The maximum absolute atomic E-state index is 12.8. The van der Waals surface area contributed by atoms with Crippen LogP contribution >= 0.6 is 11.6 Å². The predicted octanol–water partition coefficient (Wildman–Crippen LogP) is 4.10. The van der Waals surface area contributed by atoms with Gasteiger partial charge in [0.15, 0.2) is 0 Å². The molecular weight excluding hydrogens is 452 g/mol. The molecule has 34 heavy (non-hydrogen) atoms. The molecule has 4 aromatic rings. The molecule has 0 unspecified atom stereocenters. The number of benzene rings is 2. The Bertz CT molecular complexity index is 1250. The number of imidazole rings is 1. The first-order valence-corrected chi connectivity index (χ1v) is 11.7. The molecule has 3 heterocycles. The summed E-state index contributed by atoms with van der Waals surface area (Å²) in [5, 5.41) is 7.83. The van der Waals surface area contributed by atoms with Crippen LogP contribution in [0.2, 0.25) is 5.02 Å². The van der Waals surface area contributed by atoms with Gasteiger partial charge in [-0.1, -0.05) is 47.1 Å². The summed E-state index contributed by atoms with van der Waals surface area (Å²) in [7, 11) is 0. The van der Waals surface area contributed by atoms with Crippen LogP contribution < -0.4 is 5.32 Å². The van der Waals surface area contributed by atoms with Crippen molar-refractivity contribution in [3.05, 3.63) is 83.7 Å². The molecule has 0 bridgehead atoms. The van der Waals surface area contributed by atoms with E-state index in [4.69, 9.17) is 16.1 Å². The van der Waals surface area contributed by atoms with Crippen molar-refractivity contribution >= 4 is 17.5 Å². The molecule has 1 aliphatic rings. The number of piperidine rings is 1. The summed E-state index contributed by atoms with van der Waals surface area (Å²) in [6.07, 6.45) is 7.00. The van der Waals surface area contributed by atoms with Crippen molar-refractivity contribution in [1.29, 1.82) is 0 Å². The molecule has 1 aliphatic heterocycles. The average Bonchev–Trinajstić information content (AvgIpc) is 3.56. The second kappa shape index (κ2) is 10.2. The van der Waals surface area contributed by atoms with Crippen LogP contribution in [-0.2, 0) is 17.9 Å². The molecule has 0 radical (unpaired) electrons. The van der Waals surface area contributed by atoms with Gasteiger partial charge in [-0.15, -0.1) is 0 Å². The van der Waals surface area contributed by atoms with Crippen LogP contribution in [0.15, 0.2) is 71.8 Å². The monoisotopic (exact) mass is 476 g/mol. The minimum atomic E-state index is 0.00126. The number of aromatic nitrogens is 4. The van der Waals surface area contributed by atoms with Crippen LogP contribution in [0, 0.1) is 5.92 Å². The van der Waals surface area contributed by atoms with E-state index >= 15 is 0 Å². The number of likely N-dealkylation sites (tertiary alicyclic amines) is 1. The number of hydrogen-bond donors (Lipinski definition) is 1. The number of hydrogen-bond acceptors (Lipinski definition) is 6. The lowest BCUT2D eigenvalue weighted by molar-refractivity contribution is -0.126. The number of carbonyl (C=O) groups is 1. The fraction of sp³-hybridized carbons (Fsp3) is 0.280. The Balaban J connectivity index is 1.12. The number of nitrogens with one attached hydrogen (secondary N) is 1. The molecule has 0 saturated carbocycles. The third kappa shape index (κ3) is 5.18. The SMILES string of the molecule is O=C(NCc1ccccc1-n1ccnc1)C1CCN(Cc2nc(-c3cccc(Cl)c3)no2)CC1. The molecule has 2 aromatic heterocycles. The summed E-state index contributed by atoms with van der Waals surface area (Å²) in [5.74, 6) is 1.19. The maximum Gasteiger partial charge on any atom is 0.241 e. The minimum absolute atomic E-state index is 0.00126. The van der Waals surface area contributed by atoms with Crippen LogP contribution in [0.3, 0.4) is 0 Å². The van der Waals surface area contributed by atoms with E-state index in [9.17, 15) is 4.79 Å². The van der Waals surface area contributed by atoms with Crippen molar-refractivity contribution in [1.82, 2.24) is 29.9 Å². The van der Waals surface area contributed by atoms with E-state index in [2.05, 4.69) is 25.3 Å². The predicted molar refractivity (Wildman–Crippen MR) is 128 cm³/mol. The van der Waals surface area contributed by atoms with Gasteiger partial charge in [0.2, 0.25) is 17.6 Å². The Hall–Kier alpha value is -3.49. The summed E-state index contributed by atoms with van der Waals surface area (Å²) in [5.41, 5.74) is 2.90. The van der Waals surface area contributed by atoms with E-state index in [1.807, 2.05) is 59.3 Å². The first-order valence-electron chi connectivity index (χ1n) is 11.3. The number of nitrogens with zero attached hydrogens (tertiary/aromatic N) is 5. The zero-order chi connectivity index (χ0) is 23.3. The van der Waals surface area contributed by atoms with Crippen LogP contribution in [-0.4, -0.2) is 43.6 Å². The molecule has 1 fully saturated rings. The summed E-state index contributed by atoms with van der Waals surface area (Å²) in [6.45, 7) is 2.67. The van der Waals surface area contributed by atoms with Gasteiger partial charge in [-0.3, -0.25) is 9.69 Å². The van der Waals surface area contributed by atoms with E-state index in [1.165, 1.54) is 0 Å². The van der Waals surface area contributed by atoms with Gasteiger partial charge in [0.1, 0.15) is 0 Å². The molecule has 1 saturated heterocycles. The summed E-state index contributed by atoms with van der Waals surface area (Å²) >= 11 is 6.05. The molecule has 0 atom stereocenters. The van der Waals surface area contributed by atoms with Gasteiger partial charge in [-0.25, -0.2) is 4.98 Å². The van der Waals surface area contributed by atoms with Gasteiger partial charge in [0.25, 0.3) is 0 Å². The van der Waals surface area contributed by atoms with Gasteiger partial charge in [-0.05, 0) is 49.7 Å². The van der Waals surface area contributed by atoms with Crippen molar-refractivity contribution in [3.63, 3.8) is 0 Å². The van der Waals surface area contributed by atoms with E-state index in [0.29, 0.717) is 29.8 Å². The second-order valence-corrected chi connectivity index (χ2v) is 8.83. The van der Waals surface area contributed by atoms with Crippen molar-refractivity contribution in [3.8, 4) is 17.1 Å². The average molecular weight is 477 g/mol. The second-order valence-electron chi connectivity index (χ2n) is 8.39. The van der Waals surface area contributed by atoms with Gasteiger partial charge in [0.05, 0.1) is 18.6 Å². The molecular formula is C25H25ClN6O2. The fourth-order valence-electron chi connectivity index (χ4n) is 4.25. The summed E-state index contributed by atoms with van der Waals surface area (Å²) in [6, 6.07) is 15.4. The minimum Gasteiger partial charge on any atom is -0.352 e. The third-order valence-electron chi connectivity index (χ3n) is 6.10. The van der Waals surface area contributed by atoms with Crippen molar-refractivity contribution in [2.24, 2.45) is 5.92 Å². The third-order valence-corrected chi connectivity index (χ3v) is 6.33. The highest BCUT2D eigenvalue weighted by molar-refractivity contribution is 6.30. The molecule has 5 rings (SSSR count). The van der Waals surface area contributed by atoms with Crippen molar-refractivity contribution in [2.45, 2.75) is 25.9 Å². The van der Waals surface area contributed by atoms with E-state index in [0.717, 1.165) is 42.7 Å². The van der Waals surface area contributed by atoms with Crippen LogP contribution in [0.4, 0.5) is 0 Å². The van der Waals surface area contributed by atoms with E-state index in [-0.39, 0.29) is 11.8 Å². The highest BCUT2D eigenvalue weighted by Crippen LogP contribution is 2.23. The Kier molecular flexibility index (Phi) is 6.69. The smallest absolute Gasteiger partial charge is 0.241 e. The summed E-state index contributed by atoms with van der Waals surface area (Å²) in [4.78, 5) is 23.7. The van der Waals surface area contributed by atoms with Gasteiger partial charge in [0, 0.05) is 35.4 Å². The summed E-state index contributed by atoms with van der Waals surface area (Å²) < 4.78 is 7.39. The largest absolute Gasteiger partial charge is 0.352 e. The van der Waals surface area contributed by atoms with Crippen LogP contribution in [0.25, 0.3) is 17.1 Å². The normalized spacial score (nSPS) is 14.9. The highest BCUT2D eigenvalue weighted by atomic mass is 35.5. The highest BCUT2D eigenvalue weighted by Gasteiger charge is 2.26. The maximum atomic E-state index is 12.8. The molecule has 1 N–H and O–H groups in total. The molecule has 0 aliphatic carbocycles. The number of amides is 1. The standard InChI is InChI=1S/C25H25ClN6O2/c26-21-6-3-5-19(14-21)24-29-23(34-30-24)16-31-11-8-18(9-12-31)25(33)28-15-20-4-1-2-7-22(20)32-13-10-27-17-32/h1-7,10,13-14,17-18H,8-9,11-12,15-16H2,(H,28,33). The number of carbonyl (C=O) groups excluding carboxylic acids is 1. The van der Waals surface area contributed by atoms with Gasteiger partial charge >= 0.3 is 0 Å². The van der Waals surface area contributed by atoms with Crippen LogP contribution in [0.5, 0.6) is 0 Å². The quantitative estimate of drug-likeness (QED) is 0.432. The Morgan fingerprint density at radius 1 is 1.15 bits per heavy atom. The zero-order valence-corrected chi connectivity index (χ0v) is 19.4. The zero-order valence-electron chi connectivity index (χ0n) is 18.6. The molecule has 1 amide bonds. The van der Waals surface area contributed by atoms with Crippen molar-refractivity contribution < 1.29 is 9.32 Å². The molecule has 0 spiro atoms. The number of halogens is 1. The molecule has 9 heteroatoms. The molecule has 8 nitrogen and oxygen atoms in total. The van der Waals surface area contributed by atoms with E-state index < -0.39 is 0 Å². The fourth-order valence-corrected chi connectivity index (χ4v) is 4.44. The van der Waals surface area contributed by atoms with Gasteiger partial charge < -0.3 is 14.4 Å². The van der Waals surface area contributed by atoms with Gasteiger partial charge in [-0.2, -0.15) is 4.98 Å². The first-order chi connectivity index (χ1) is 16.7. The molecule has 174 valence electrons. The lowest BCUT2D eigenvalue weighted by Gasteiger charge is -2.30. The molecule has 2 aromatic carbocycles. The topological polar surface area (TPSA) is 89.1 Å². The van der Waals surface area contributed by atoms with Crippen molar-refractivity contribution in [2.75, 3.05) is 13.1 Å². The Morgan fingerprint density at radius 2 is 2.00 bits per heavy atom. The number of rotatable bonds is 7. The first kappa shape index (κ1) is 22.3. The van der Waals surface area contributed by atoms with E-state index in [1.54, 1.807) is 12.5 Å². The van der Waals surface area contributed by atoms with Crippen LogP contribution in [0.1, 0.15) is 24.3 Å². The number of para-hydroxylation sites is 1. The Morgan fingerprint density at radius 3 is 2.79 bits per heavy atom. The Labute approximate surface area is 202 Å².